The molecule has 0 aliphatic carbocycles. The highest BCUT2D eigenvalue weighted by Gasteiger charge is 2.20. The number of aromatic nitrogens is 3. The molecule has 5 heteroatoms. The topological polar surface area (TPSA) is 61.9 Å². The van der Waals surface area contributed by atoms with Crippen LogP contribution in [0.1, 0.15) is 36.7 Å². The molecule has 5 nitrogen and oxygen atoms in total. The molecule has 0 atom stereocenters. The molecule has 0 unspecified atom stereocenters. The van der Waals surface area contributed by atoms with Crippen LogP contribution in [0.15, 0.2) is 30.3 Å². The molecule has 100 valence electrons. The van der Waals surface area contributed by atoms with E-state index in [1.165, 1.54) is 0 Å². The van der Waals surface area contributed by atoms with Gasteiger partial charge in [-0.05, 0) is 25.5 Å². The number of H-pyrrole nitrogens is 1. The van der Waals surface area contributed by atoms with Crippen LogP contribution in [0.2, 0.25) is 0 Å². The van der Waals surface area contributed by atoms with Gasteiger partial charge in [-0.25, -0.2) is 4.98 Å². The van der Waals surface area contributed by atoms with Crippen molar-refractivity contribution in [3.05, 3.63) is 42.0 Å². The molecule has 0 spiro atoms. The first kappa shape index (κ1) is 13.3. The molecule has 0 aliphatic rings. The van der Waals surface area contributed by atoms with Crippen LogP contribution in [0.4, 0.5) is 5.69 Å². The van der Waals surface area contributed by atoms with Gasteiger partial charge < -0.3 is 4.90 Å². The number of amides is 1. The summed E-state index contributed by atoms with van der Waals surface area (Å²) in [6.07, 6.45) is 1.77. The van der Waals surface area contributed by atoms with E-state index in [-0.39, 0.29) is 11.7 Å². The van der Waals surface area contributed by atoms with Crippen LogP contribution in [-0.2, 0) is 6.42 Å². The lowest BCUT2D eigenvalue weighted by Gasteiger charge is -2.19. The lowest BCUT2D eigenvalue weighted by molar-refractivity contribution is 0.0978. The maximum absolute atomic E-state index is 12.4. The molecule has 1 heterocycles. The van der Waals surface area contributed by atoms with Crippen molar-refractivity contribution in [3.63, 3.8) is 0 Å². The third-order valence-electron chi connectivity index (χ3n) is 2.84. The fourth-order valence-corrected chi connectivity index (χ4v) is 1.91. The Labute approximate surface area is 112 Å². The summed E-state index contributed by atoms with van der Waals surface area (Å²) in [6.45, 7) is 4.58. The van der Waals surface area contributed by atoms with Gasteiger partial charge in [0.2, 0.25) is 5.82 Å². The monoisotopic (exact) mass is 258 g/mol. The number of carbonyl (C=O) groups is 1. The predicted octanol–water partition coefficient (Wildman–Crippen LogP) is 2.42. The zero-order valence-electron chi connectivity index (χ0n) is 11.3. The first-order chi connectivity index (χ1) is 9.26. The zero-order chi connectivity index (χ0) is 13.7. The Morgan fingerprint density at radius 3 is 2.63 bits per heavy atom. The van der Waals surface area contributed by atoms with Gasteiger partial charge in [-0.1, -0.05) is 25.1 Å². The molecule has 0 saturated heterocycles. The second-order valence-electron chi connectivity index (χ2n) is 4.24. The fraction of sp³-hybridized carbons (Fsp3) is 0.357. The van der Waals surface area contributed by atoms with E-state index < -0.39 is 0 Å². The third kappa shape index (κ3) is 2.99. The summed E-state index contributed by atoms with van der Waals surface area (Å²) in [7, 11) is 0. The standard InChI is InChI=1S/C14H18N4O/c1-3-8-12-15-13(17-16-12)14(19)18(4-2)11-9-6-5-7-10-11/h5-7,9-10H,3-4,8H2,1-2H3,(H,15,16,17). The van der Waals surface area contributed by atoms with E-state index in [1.807, 2.05) is 37.3 Å². The smallest absolute Gasteiger partial charge is 0.297 e. The van der Waals surface area contributed by atoms with Crippen molar-refractivity contribution in [1.29, 1.82) is 0 Å². The SMILES string of the molecule is CCCc1nc(C(=O)N(CC)c2ccccc2)n[nH]1. The molecule has 0 radical (unpaired) electrons. The molecule has 2 aromatic rings. The number of para-hydroxylation sites is 1. The van der Waals surface area contributed by atoms with Gasteiger partial charge in [0.05, 0.1) is 0 Å². The van der Waals surface area contributed by atoms with Crippen LogP contribution in [0.5, 0.6) is 0 Å². The molecule has 19 heavy (non-hydrogen) atoms. The number of aromatic amines is 1. The minimum absolute atomic E-state index is 0.174. The van der Waals surface area contributed by atoms with Crippen LogP contribution in [0.3, 0.4) is 0 Å². The minimum atomic E-state index is -0.174. The number of hydrogen-bond donors (Lipinski definition) is 1. The van der Waals surface area contributed by atoms with Crippen LogP contribution in [-0.4, -0.2) is 27.6 Å². The molecule has 0 bridgehead atoms. The second-order valence-corrected chi connectivity index (χ2v) is 4.24. The zero-order valence-corrected chi connectivity index (χ0v) is 11.3. The molecule has 1 aromatic heterocycles. The highest BCUT2D eigenvalue weighted by Crippen LogP contribution is 2.15. The summed E-state index contributed by atoms with van der Waals surface area (Å²) >= 11 is 0. The number of nitrogens with one attached hydrogen (secondary N) is 1. The van der Waals surface area contributed by atoms with Crippen LogP contribution in [0.25, 0.3) is 0 Å². The van der Waals surface area contributed by atoms with Crippen LogP contribution >= 0.6 is 0 Å². The minimum Gasteiger partial charge on any atom is -0.306 e. The number of benzene rings is 1. The van der Waals surface area contributed by atoms with E-state index in [9.17, 15) is 4.79 Å². The Bertz CT molecular complexity index is 535. The molecular formula is C14H18N4O. The van der Waals surface area contributed by atoms with Crippen molar-refractivity contribution in [2.75, 3.05) is 11.4 Å². The molecule has 0 fully saturated rings. The number of rotatable bonds is 5. The first-order valence-electron chi connectivity index (χ1n) is 6.54. The molecule has 0 saturated carbocycles. The van der Waals surface area contributed by atoms with Crippen LogP contribution in [0, 0.1) is 0 Å². The maximum atomic E-state index is 12.4. The van der Waals surface area contributed by atoms with Crippen molar-refractivity contribution in [3.8, 4) is 0 Å². The summed E-state index contributed by atoms with van der Waals surface area (Å²) in [5.41, 5.74) is 0.858. The normalized spacial score (nSPS) is 10.4. The predicted molar refractivity (Wildman–Crippen MR) is 74.2 cm³/mol. The summed E-state index contributed by atoms with van der Waals surface area (Å²) in [5, 5.41) is 6.81. The Morgan fingerprint density at radius 2 is 2.00 bits per heavy atom. The number of nitrogens with zero attached hydrogens (tertiary/aromatic N) is 3. The average molecular weight is 258 g/mol. The van der Waals surface area contributed by atoms with Gasteiger partial charge >= 0.3 is 0 Å². The molecular weight excluding hydrogens is 240 g/mol. The van der Waals surface area contributed by atoms with E-state index >= 15 is 0 Å². The first-order valence-corrected chi connectivity index (χ1v) is 6.54. The number of hydrogen-bond acceptors (Lipinski definition) is 3. The van der Waals surface area contributed by atoms with Gasteiger partial charge in [-0.2, -0.15) is 0 Å². The van der Waals surface area contributed by atoms with Crippen molar-refractivity contribution < 1.29 is 4.79 Å². The van der Waals surface area contributed by atoms with Crippen molar-refractivity contribution in [1.82, 2.24) is 15.2 Å². The van der Waals surface area contributed by atoms with Gasteiger partial charge in [-0.3, -0.25) is 9.89 Å². The van der Waals surface area contributed by atoms with E-state index in [4.69, 9.17) is 0 Å². The van der Waals surface area contributed by atoms with Gasteiger partial charge in [0, 0.05) is 18.7 Å². The van der Waals surface area contributed by atoms with Gasteiger partial charge in [0.25, 0.3) is 5.91 Å². The molecule has 0 aliphatic heterocycles. The lowest BCUT2D eigenvalue weighted by atomic mass is 10.3. The van der Waals surface area contributed by atoms with Crippen molar-refractivity contribution >= 4 is 11.6 Å². The van der Waals surface area contributed by atoms with E-state index in [0.717, 1.165) is 24.4 Å². The molecule has 2 rings (SSSR count). The Hall–Kier alpha value is -2.17. The molecule has 1 N–H and O–H groups in total. The summed E-state index contributed by atoms with van der Waals surface area (Å²) in [4.78, 5) is 18.3. The number of aryl methyl sites for hydroxylation is 1. The average Bonchev–Trinajstić information content (AvgIpc) is 2.90. The Balaban J connectivity index is 2.20. The molecule has 1 aromatic carbocycles. The van der Waals surface area contributed by atoms with Crippen molar-refractivity contribution in [2.45, 2.75) is 26.7 Å². The second kappa shape index (κ2) is 6.13. The van der Waals surface area contributed by atoms with E-state index in [1.54, 1.807) is 4.90 Å². The number of anilines is 1. The van der Waals surface area contributed by atoms with E-state index in [2.05, 4.69) is 22.1 Å². The lowest BCUT2D eigenvalue weighted by Crippen LogP contribution is -2.31. The van der Waals surface area contributed by atoms with Gasteiger partial charge in [-0.15, -0.1) is 5.10 Å². The van der Waals surface area contributed by atoms with Gasteiger partial charge in [0.1, 0.15) is 5.82 Å². The highest BCUT2D eigenvalue weighted by atomic mass is 16.2. The summed E-state index contributed by atoms with van der Waals surface area (Å²) < 4.78 is 0. The summed E-state index contributed by atoms with van der Waals surface area (Å²) in [6, 6.07) is 9.55. The Morgan fingerprint density at radius 1 is 1.26 bits per heavy atom. The number of carbonyl (C=O) groups excluding carboxylic acids is 1. The largest absolute Gasteiger partial charge is 0.306 e. The van der Waals surface area contributed by atoms with E-state index in [0.29, 0.717) is 6.54 Å². The molecule has 1 amide bonds. The quantitative estimate of drug-likeness (QED) is 0.896. The van der Waals surface area contributed by atoms with Crippen LogP contribution < -0.4 is 4.90 Å². The summed E-state index contributed by atoms with van der Waals surface area (Å²) in [5.74, 6) is 0.816. The van der Waals surface area contributed by atoms with Gasteiger partial charge in [0.15, 0.2) is 0 Å². The highest BCUT2D eigenvalue weighted by molar-refractivity contribution is 6.03. The maximum Gasteiger partial charge on any atom is 0.297 e. The third-order valence-corrected chi connectivity index (χ3v) is 2.84. The Kier molecular flexibility index (Phi) is 4.28. The fourth-order valence-electron chi connectivity index (χ4n) is 1.91. The van der Waals surface area contributed by atoms with Crippen molar-refractivity contribution in [2.24, 2.45) is 0 Å².